The van der Waals surface area contributed by atoms with E-state index in [0.29, 0.717) is 24.3 Å². The van der Waals surface area contributed by atoms with Crippen LogP contribution in [0.25, 0.3) is 12.2 Å². The van der Waals surface area contributed by atoms with E-state index in [1.165, 1.54) is 0 Å². The van der Waals surface area contributed by atoms with Crippen LogP contribution in [0, 0.1) is 70.1 Å². The van der Waals surface area contributed by atoms with Crippen molar-refractivity contribution in [1.29, 1.82) is 5.26 Å². The Morgan fingerprint density at radius 3 is 2.59 bits per heavy atom. The first kappa shape index (κ1) is 28.0. The molecule has 0 fully saturated rings. The van der Waals surface area contributed by atoms with Gasteiger partial charge in [-0.25, -0.2) is 0 Å². The van der Waals surface area contributed by atoms with E-state index in [1.807, 2.05) is 46.0 Å². The SMILES string of the molecule is [CH2-]CC([CH2-])N(C)C(=C\CC)/C=c1/c(NCc2cccc(C#N)c2C)nnc(C)/c1=C/C.[U+2]. The molecule has 0 aliphatic carbocycles. The van der Waals surface area contributed by atoms with Gasteiger partial charge in [0.2, 0.25) is 0 Å². The summed E-state index contributed by atoms with van der Waals surface area (Å²) in [6, 6.07) is 8.10. The minimum Gasteiger partial charge on any atom is -0.404 e. The van der Waals surface area contributed by atoms with Gasteiger partial charge in [0, 0.05) is 29.7 Å². The first-order valence-corrected chi connectivity index (χ1v) is 10.7. The number of allylic oxidation sites excluding steroid dienone is 2. The topological polar surface area (TPSA) is 64.8 Å². The number of aromatic nitrogens is 2. The fourth-order valence-corrected chi connectivity index (χ4v) is 3.44. The predicted molar refractivity (Wildman–Crippen MR) is 129 cm³/mol. The van der Waals surface area contributed by atoms with Crippen molar-refractivity contribution in [2.24, 2.45) is 0 Å². The Kier molecular flexibility index (Phi) is 11.8. The van der Waals surface area contributed by atoms with E-state index in [0.717, 1.165) is 39.4 Å². The van der Waals surface area contributed by atoms with Crippen molar-refractivity contribution in [2.45, 2.75) is 53.1 Å². The number of nitrogens with one attached hydrogen (secondary N) is 1. The Morgan fingerprint density at radius 1 is 1.28 bits per heavy atom. The first-order valence-electron chi connectivity index (χ1n) is 10.7. The quantitative estimate of drug-likeness (QED) is 0.440. The number of benzene rings is 1. The summed E-state index contributed by atoms with van der Waals surface area (Å²) in [4.78, 5) is 2.15. The molecule has 0 amide bonds. The molecule has 32 heavy (non-hydrogen) atoms. The van der Waals surface area contributed by atoms with Crippen molar-refractivity contribution in [3.05, 3.63) is 76.6 Å². The van der Waals surface area contributed by atoms with Gasteiger partial charge in [0.05, 0.1) is 17.3 Å². The Hall–Kier alpha value is -2.08. The zero-order valence-corrected chi connectivity index (χ0v) is 24.0. The van der Waals surface area contributed by atoms with Crippen molar-refractivity contribution < 1.29 is 31.1 Å². The van der Waals surface area contributed by atoms with Crippen molar-refractivity contribution in [2.75, 3.05) is 12.4 Å². The number of nitriles is 1. The molecule has 5 nitrogen and oxygen atoms in total. The van der Waals surface area contributed by atoms with Crippen LogP contribution in [0.5, 0.6) is 0 Å². The van der Waals surface area contributed by atoms with E-state index in [9.17, 15) is 5.26 Å². The second-order valence-corrected chi connectivity index (χ2v) is 7.54. The Labute approximate surface area is 216 Å². The predicted octanol–water partition coefficient (Wildman–Crippen LogP) is 3.81. The van der Waals surface area contributed by atoms with E-state index in [-0.39, 0.29) is 37.2 Å². The summed E-state index contributed by atoms with van der Waals surface area (Å²) in [5.41, 5.74) is 4.68. The average Bonchev–Trinajstić information content (AvgIpc) is 2.78. The van der Waals surface area contributed by atoms with Crippen LogP contribution in [0.15, 0.2) is 30.0 Å². The zero-order valence-electron chi connectivity index (χ0n) is 19.9. The van der Waals surface area contributed by atoms with Crippen LogP contribution < -0.4 is 15.8 Å². The van der Waals surface area contributed by atoms with Gasteiger partial charge >= 0.3 is 31.1 Å². The van der Waals surface area contributed by atoms with E-state index >= 15 is 0 Å². The van der Waals surface area contributed by atoms with E-state index in [4.69, 9.17) is 0 Å². The number of aryl methyl sites for hydroxylation is 1. The number of hydrogen-bond acceptors (Lipinski definition) is 5. The Balaban J connectivity index is 0.00000512. The van der Waals surface area contributed by atoms with Crippen LogP contribution in [0.1, 0.15) is 49.1 Å². The summed E-state index contributed by atoms with van der Waals surface area (Å²) in [5.74, 6) is 0.714. The monoisotopic (exact) mass is 653 g/mol. The van der Waals surface area contributed by atoms with Gasteiger partial charge in [-0.2, -0.15) is 16.8 Å². The van der Waals surface area contributed by atoms with Gasteiger partial charge in [-0.15, -0.1) is 11.1 Å². The van der Waals surface area contributed by atoms with E-state index < -0.39 is 0 Å². The van der Waals surface area contributed by atoms with Gasteiger partial charge in [-0.05, 0) is 50.5 Å². The molecule has 166 valence electrons. The van der Waals surface area contributed by atoms with Gasteiger partial charge in [0.15, 0.2) is 5.82 Å². The molecule has 2 aromatic rings. The van der Waals surface area contributed by atoms with Crippen LogP contribution in [0.2, 0.25) is 0 Å². The van der Waals surface area contributed by atoms with Crippen molar-refractivity contribution in [3.8, 4) is 6.07 Å². The third kappa shape index (κ3) is 6.71. The molecule has 0 aliphatic rings. The van der Waals surface area contributed by atoms with Gasteiger partial charge in [-0.3, -0.25) is 0 Å². The number of rotatable bonds is 8. The van der Waals surface area contributed by atoms with Crippen LogP contribution in [0.4, 0.5) is 5.82 Å². The third-order valence-electron chi connectivity index (χ3n) is 5.53. The summed E-state index contributed by atoms with van der Waals surface area (Å²) >= 11 is 0. The molecule has 0 aliphatic heterocycles. The molecule has 0 saturated carbocycles. The molecule has 1 aromatic carbocycles. The molecule has 1 N–H and O–H groups in total. The smallest absolute Gasteiger partial charge is 0.404 e. The van der Waals surface area contributed by atoms with E-state index in [1.54, 1.807) is 0 Å². The number of hydrogen-bond donors (Lipinski definition) is 1. The minimum atomic E-state index is 0. The van der Waals surface area contributed by atoms with Gasteiger partial charge < -0.3 is 24.1 Å². The normalized spacial score (nSPS) is 13.4. The molecule has 0 radical (unpaired) electrons. The molecule has 0 saturated heterocycles. The maximum atomic E-state index is 9.32. The summed E-state index contributed by atoms with van der Waals surface area (Å²) in [6.07, 6.45) is 8.02. The van der Waals surface area contributed by atoms with Crippen molar-refractivity contribution in [3.63, 3.8) is 0 Å². The van der Waals surface area contributed by atoms with Crippen LogP contribution in [-0.4, -0.2) is 28.2 Å². The molecular weight excluding hydrogens is 620 g/mol. The van der Waals surface area contributed by atoms with Crippen LogP contribution >= 0.6 is 0 Å². The van der Waals surface area contributed by atoms with Gasteiger partial charge in [0.25, 0.3) is 0 Å². The number of anilines is 1. The number of nitrogens with zero attached hydrogens (tertiary/aromatic N) is 4. The Bertz CT molecular complexity index is 1100. The van der Waals surface area contributed by atoms with Crippen LogP contribution in [-0.2, 0) is 6.54 Å². The summed E-state index contributed by atoms with van der Waals surface area (Å²) < 4.78 is 0. The molecule has 1 heterocycles. The molecule has 2 rings (SSSR count). The molecule has 1 atom stereocenters. The second kappa shape index (κ2) is 13.5. The molecule has 6 heteroatoms. The molecule has 0 bridgehead atoms. The molecule has 0 spiro atoms. The minimum absolute atomic E-state index is 0. The summed E-state index contributed by atoms with van der Waals surface area (Å²) in [6.45, 7) is 16.8. The molecule has 1 unspecified atom stereocenters. The van der Waals surface area contributed by atoms with E-state index in [2.05, 4.69) is 65.5 Å². The Morgan fingerprint density at radius 2 is 2.00 bits per heavy atom. The van der Waals surface area contributed by atoms with Crippen molar-refractivity contribution >= 4 is 18.0 Å². The second-order valence-electron chi connectivity index (χ2n) is 7.54. The fourth-order valence-electron chi connectivity index (χ4n) is 3.44. The van der Waals surface area contributed by atoms with Crippen LogP contribution in [0.3, 0.4) is 0 Å². The zero-order chi connectivity index (χ0) is 23.0. The summed E-state index contributed by atoms with van der Waals surface area (Å²) in [5, 5.41) is 23.6. The fraction of sp³-hybridized carbons (Fsp3) is 0.346. The molecular formula is C26H33N5U. The largest absolute Gasteiger partial charge is 2.00 e. The standard InChI is InChI=1S/C26H33N5.U/c1-8-12-23(31(7)18(4)9-2)15-25-24(10-3)20(6)29-30-26(25)28-17-22-14-11-13-21(16-27)19(22)5;/h10-15,18H,2,4,8-9,17H2,1,3,5-7H3,(H,28,30);/q-2;+2/b23-12-,24-10-,25-15+;. The maximum absolute atomic E-state index is 9.32. The van der Waals surface area contributed by atoms with Gasteiger partial charge in [0.1, 0.15) is 0 Å². The third-order valence-corrected chi connectivity index (χ3v) is 5.53. The average molecular weight is 654 g/mol. The summed E-state index contributed by atoms with van der Waals surface area (Å²) in [7, 11) is 2.04. The van der Waals surface area contributed by atoms with Crippen molar-refractivity contribution in [1.82, 2.24) is 15.1 Å². The molecule has 1 aromatic heterocycles. The maximum Gasteiger partial charge on any atom is 2.00 e. The van der Waals surface area contributed by atoms with Gasteiger partial charge in [-0.1, -0.05) is 31.2 Å². The first-order chi connectivity index (χ1) is 14.9.